The van der Waals surface area contributed by atoms with Gasteiger partial charge in [0.25, 0.3) is 17.7 Å². The molecule has 0 spiro atoms. The van der Waals surface area contributed by atoms with Crippen molar-refractivity contribution >= 4 is 63.9 Å². The summed E-state index contributed by atoms with van der Waals surface area (Å²) in [7, 11) is 2.90. The summed E-state index contributed by atoms with van der Waals surface area (Å²) in [6.45, 7) is 0.190. The van der Waals surface area contributed by atoms with Gasteiger partial charge >= 0.3 is 0 Å². The van der Waals surface area contributed by atoms with Crippen molar-refractivity contribution in [3.8, 4) is 11.5 Å². The summed E-state index contributed by atoms with van der Waals surface area (Å²) >= 11 is 18.3. The SMILES string of the molecule is COc1ccc(N2C(=O)C(Cl)=C(Nc3cccc(C(=O)NCc4ccc(Cl)cc4Cl)c3)C2=O)c(OC)c1. The maximum atomic E-state index is 13.2. The lowest BCUT2D eigenvalue weighted by molar-refractivity contribution is -0.120. The number of hydrogen-bond acceptors (Lipinski definition) is 6. The van der Waals surface area contributed by atoms with Crippen LogP contribution in [-0.4, -0.2) is 31.9 Å². The van der Waals surface area contributed by atoms with Crippen LogP contribution in [0.5, 0.6) is 11.5 Å². The van der Waals surface area contributed by atoms with E-state index in [4.69, 9.17) is 44.3 Å². The third-order valence-corrected chi connectivity index (χ3v) is 6.44. The van der Waals surface area contributed by atoms with Gasteiger partial charge in [0.2, 0.25) is 0 Å². The van der Waals surface area contributed by atoms with Gasteiger partial charge in [-0.25, -0.2) is 4.90 Å². The third kappa shape index (κ3) is 5.51. The van der Waals surface area contributed by atoms with E-state index >= 15 is 0 Å². The average molecular weight is 561 g/mol. The average Bonchev–Trinajstić information content (AvgIpc) is 3.10. The molecule has 0 fully saturated rings. The highest BCUT2D eigenvalue weighted by atomic mass is 35.5. The topological polar surface area (TPSA) is 97.0 Å². The molecule has 4 rings (SSSR count). The Morgan fingerprint density at radius 3 is 2.41 bits per heavy atom. The Hall–Kier alpha value is -3.72. The molecule has 3 amide bonds. The van der Waals surface area contributed by atoms with Gasteiger partial charge in [0, 0.05) is 33.9 Å². The van der Waals surface area contributed by atoms with Crippen LogP contribution in [-0.2, 0) is 16.1 Å². The highest BCUT2D eigenvalue weighted by molar-refractivity contribution is 6.53. The first-order chi connectivity index (χ1) is 17.7. The fraction of sp³-hybridized carbons (Fsp3) is 0.115. The van der Waals surface area contributed by atoms with Crippen LogP contribution in [0.3, 0.4) is 0 Å². The minimum Gasteiger partial charge on any atom is -0.497 e. The van der Waals surface area contributed by atoms with Crippen molar-refractivity contribution in [3.05, 3.63) is 92.6 Å². The molecule has 2 N–H and O–H groups in total. The highest BCUT2D eigenvalue weighted by Gasteiger charge is 2.40. The second-order valence-electron chi connectivity index (χ2n) is 7.80. The second-order valence-corrected chi connectivity index (χ2v) is 9.02. The first kappa shape index (κ1) is 26.3. The first-order valence-electron chi connectivity index (χ1n) is 10.8. The van der Waals surface area contributed by atoms with E-state index < -0.39 is 11.8 Å². The molecule has 0 atom stereocenters. The van der Waals surface area contributed by atoms with Crippen molar-refractivity contribution in [3.63, 3.8) is 0 Å². The molecule has 37 heavy (non-hydrogen) atoms. The standard InChI is InChI=1S/C26H20Cl3N3O5/c1-36-18-8-9-20(21(12-18)37-2)32-25(34)22(29)23(26(32)35)31-17-5-3-4-14(10-17)24(33)30-13-15-6-7-16(27)11-19(15)28/h3-12,31H,13H2,1-2H3,(H,30,33). The first-order valence-corrected chi connectivity index (χ1v) is 12.0. The Labute approximate surface area is 227 Å². The number of ether oxygens (including phenoxy) is 2. The van der Waals surface area contributed by atoms with Gasteiger partial charge in [0.05, 0.1) is 19.9 Å². The zero-order chi connectivity index (χ0) is 26.7. The molecule has 0 aliphatic carbocycles. The Morgan fingerprint density at radius 2 is 1.70 bits per heavy atom. The van der Waals surface area contributed by atoms with Crippen molar-refractivity contribution < 1.29 is 23.9 Å². The molecule has 3 aromatic rings. The zero-order valence-corrected chi connectivity index (χ0v) is 21.9. The van der Waals surface area contributed by atoms with Crippen molar-refractivity contribution in [1.29, 1.82) is 0 Å². The molecule has 0 bridgehead atoms. The molecule has 0 saturated carbocycles. The van der Waals surface area contributed by atoms with Crippen molar-refractivity contribution in [2.75, 3.05) is 24.4 Å². The number of nitrogens with zero attached hydrogens (tertiary/aromatic N) is 1. The number of hydrogen-bond donors (Lipinski definition) is 2. The van der Waals surface area contributed by atoms with E-state index in [0.717, 1.165) is 4.90 Å². The van der Waals surface area contributed by atoms with Crippen LogP contribution in [0.25, 0.3) is 0 Å². The number of anilines is 2. The summed E-state index contributed by atoms with van der Waals surface area (Å²) in [6, 6.07) is 16.1. The number of nitrogens with one attached hydrogen (secondary N) is 2. The molecule has 0 saturated heterocycles. The van der Waals surface area contributed by atoms with Gasteiger partial charge in [-0.1, -0.05) is 46.9 Å². The van der Waals surface area contributed by atoms with Crippen molar-refractivity contribution in [1.82, 2.24) is 5.32 Å². The summed E-state index contributed by atoms with van der Waals surface area (Å²) < 4.78 is 10.5. The predicted octanol–water partition coefficient (Wildman–Crippen LogP) is 5.38. The van der Waals surface area contributed by atoms with Crippen LogP contribution in [0, 0.1) is 0 Å². The molecule has 11 heteroatoms. The molecule has 0 unspecified atom stereocenters. The molecule has 1 aliphatic heterocycles. The van der Waals surface area contributed by atoms with Crippen LogP contribution < -0.4 is 25.0 Å². The second kappa shape index (κ2) is 11.1. The van der Waals surface area contributed by atoms with Crippen LogP contribution in [0.2, 0.25) is 10.0 Å². The summed E-state index contributed by atoms with van der Waals surface area (Å²) in [6.07, 6.45) is 0. The smallest absolute Gasteiger partial charge is 0.283 e. The molecule has 1 aliphatic rings. The van der Waals surface area contributed by atoms with E-state index in [-0.39, 0.29) is 34.6 Å². The van der Waals surface area contributed by atoms with Gasteiger partial charge < -0.3 is 20.1 Å². The van der Waals surface area contributed by atoms with Gasteiger partial charge in [0.1, 0.15) is 22.2 Å². The van der Waals surface area contributed by atoms with E-state index in [1.165, 1.54) is 26.4 Å². The Balaban J connectivity index is 1.51. The lowest BCUT2D eigenvalue weighted by Gasteiger charge is -2.18. The molecular weight excluding hydrogens is 541 g/mol. The number of imide groups is 1. The van der Waals surface area contributed by atoms with Crippen LogP contribution in [0.15, 0.2) is 71.4 Å². The van der Waals surface area contributed by atoms with E-state index in [2.05, 4.69) is 10.6 Å². The number of halogens is 3. The predicted molar refractivity (Wildman–Crippen MR) is 143 cm³/mol. The fourth-order valence-electron chi connectivity index (χ4n) is 3.62. The number of benzene rings is 3. The summed E-state index contributed by atoms with van der Waals surface area (Å²) in [5.41, 5.74) is 1.49. The van der Waals surface area contributed by atoms with Gasteiger partial charge in [-0.2, -0.15) is 0 Å². The number of amides is 3. The number of methoxy groups -OCH3 is 2. The molecule has 3 aromatic carbocycles. The normalized spacial score (nSPS) is 13.2. The van der Waals surface area contributed by atoms with Gasteiger partial charge in [-0.05, 0) is 48.0 Å². The van der Waals surface area contributed by atoms with Crippen LogP contribution >= 0.6 is 34.8 Å². The molecular formula is C26H20Cl3N3O5. The van der Waals surface area contributed by atoms with Crippen molar-refractivity contribution in [2.45, 2.75) is 6.54 Å². The number of carbonyl (C=O) groups excluding carboxylic acids is 3. The number of rotatable bonds is 8. The summed E-state index contributed by atoms with van der Waals surface area (Å²) in [4.78, 5) is 39.7. The zero-order valence-electron chi connectivity index (χ0n) is 19.6. The van der Waals surface area contributed by atoms with Crippen LogP contribution in [0.1, 0.15) is 15.9 Å². The lowest BCUT2D eigenvalue weighted by atomic mass is 10.1. The fourth-order valence-corrected chi connectivity index (χ4v) is 4.31. The van der Waals surface area contributed by atoms with Gasteiger partial charge in [-0.3, -0.25) is 14.4 Å². The Kier molecular flexibility index (Phi) is 7.92. The minimum atomic E-state index is -0.716. The van der Waals surface area contributed by atoms with E-state index in [1.54, 1.807) is 48.5 Å². The highest BCUT2D eigenvalue weighted by Crippen LogP contribution is 2.37. The maximum absolute atomic E-state index is 13.2. The van der Waals surface area contributed by atoms with E-state index in [1.807, 2.05) is 0 Å². The molecule has 0 aromatic heterocycles. The minimum absolute atomic E-state index is 0.130. The van der Waals surface area contributed by atoms with Gasteiger partial charge in [0.15, 0.2) is 0 Å². The van der Waals surface area contributed by atoms with Crippen LogP contribution in [0.4, 0.5) is 11.4 Å². The summed E-state index contributed by atoms with van der Waals surface area (Å²) in [5.74, 6) is -1.01. The molecule has 0 radical (unpaired) electrons. The van der Waals surface area contributed by atoms with Crippen molar-refractivity contribution in [2.24, 2.45) is 0 Å². The van der Waals surface area contributed by atoms with Gasteiger partial charge in [-0.15, -0.1) is 0 Å². The molecule has 8 nitrogen and oxygen atoms in total. The third-order valence-electron chi connectivity index (χ3n) is 5.50. The monoisotopic (exact) mass is 559 g/mol. The summed E-state index contributed by atoms with van der Waals surface area (Å²) in [5, 5.41) is 6.29. The Morgan fingerprint density at radius 1 is 0.919 bits per heavy atom. The number of carbonyl (C=O) groups is 3. The largest absolute Gasteiger partial charge is 0.497 e. The maximum Gasteiger partial charge on any atom is 0.283 e. The Bertz CT molecular complexity index is 1440. The van der Waals surface area contributed by atoms with E-state index in [9.17, 15) is 14.4 Å². The molecule has 1 heterocycles. The molecule has 190 valence electrons. The quantitative estimate of drug-likeness (QED) is 0.359. The van der Waals surface area contributed by atoms with E-state index in [0.29, 0.717) is 32.6 Å². The lowest BCUT2D eigenvalue weighted by Crippen LogP contribution is -2.32.